The Morgan fingerprint density at radius 1 is 0.915 bits per heavy atom. The molecule has 2 amide bonds. The minimum Gasteiger partial charge on any atom is -0.493 e. The smallest absolute Gasteiger partial charge is 0.224 e. The van der Waals surface area contributed by atoms with E-state index >= 15 is 0 Å². The number of ether oxygens (including phenoxy) is 4. The van der Waals surface area contributed by atoms with Gasteiger partial charge in [-0.2, -0.15) is 0 Å². The van der Waals surface area contributed by atoms with E-state index < -0.39 is 6.29 Å². The SMILES string of the molecule is COc1cc2c(cc1OC)CN(C[C@@H]1C[C@H](c3ccc(CO)cc3)O[C@H](c3ccc(NC(=O)CCCCCNC(C)=O)cc3)O1)CC2. The van der Waals surface area contributed by atoms with Crippen LogP contribution in [0.1, 0.15) is 79.2 Å². The Balaban J connectivity index is 1.23. The molecule has 10 nitrogen and oxygen atoms in total. The minimum atomic E-state index is -0.578. The molecule has 2 heterocycles. The summed E-state index contributed by atoms with van der Waals surface area (Å²) < 4.78 is 24.2. The molecule has 3 atom stereocenters. The number of unbranched alkanes of at least 4 members (excludes halogenated alkanes) is 2. The number of carbonyl (C=O) groups excluding carboxylic acids is 2. The van der Waals surface area contributed by atoms with Crippen LogP contribution in [0.15, 0.2) is 60.7 Å². The Morgan fingerprint density at radius 3 is 2.30 bits per heavy atom. The standard InChI is InChI=1S/C37H47N3O7/c1-25(42)38-17-6-4-5-7-36(43)39-31-14-12-28(13-15-31)37-46-32(21-33(47-37)27-10-8-26(24-41)9-11-27)23-40-18-16-29-19-34(44-2)35(45-3)20-30(29)22-40/h8-15,19-20,32-33,37,41H,4-7,16-18,21-24H2,1-3H3,(H,38,42)(H,39,43)/t32-,33+,37+/m0/s1. The van der Waals surface area contributed by atoms with Crippen LogP contribution in [0.25, 0.3) is 0 Å². The van der Waals surface area contributed by atoms with E-state index in [1.807, 2.05) is 48.5 Å². The molecule has 2 aliphatic rings. The molecular weight excluding hydrogens is 598 g/mol. The van der Waals surface area contributed by atoms with E-state index in [4.69, 9.17) is 18.9 Å². The van der Waals surface area contributed by atoms with Gasteiger partial charge in [-0.25, -0.2) is 0 Å². The number of anilines is 1. The maximum Gasteiger partial charge on any atom is 0.224 e. The number of aliphatic hydroxyl groups excluding tert-OH is 1. The van der Waals surface area contributed by atoms with Gasteiger partial charge >= 0.3 is 0 Å². The molecule has 0 radical (unpaired) electrons. The molecule has 0 unspecified atom stereocenters. The number of amides is 2. The summed E-state index contributed by atoms with van der Waals surface area (Å²) in [6.45, 7) is 4.58. The van der Waals surface area contributed by atoms with Crippen molar-refractivity contribution in [2.45, 2.75) is 77.1 Å². The number of benzene rings is 3. The molecule has 252 valence electrons. The van der Waals surface area contributed by atoms with Gasteiger partial charge in [0.2, 0.25) is 11.8 Å². The Labute approximate surface area is 277 Å². The molecule has 3 N–H and O–H groups in total. The summed E-state index contributed by atoms with van der Waals surface area (Å²) in [5.74, 6) is 1.42. The second-order valence-corrected chi connectivity index (χ2v) is 12.3. The van der Waals surface area contributed by atoms with Crippen molar-refractivity contribution in [2.24, 2.45) is 0 Å². The molecule has 0 bridgehead atoms. The number of nitrogens with zero attached hydrogens (tertiary/aromatic N) is 1. The number of nitrogens with one attached hydrogen (secondary N) is 2. The molecule has 2 aliphatic heterocycles. The lowest BCUT2D eigenvalue weighted by Gasteiger charge is -2.39. The summed E-state index contributed by atoms with van der Waals surface area (Å²) in [7, 11) is 3.33. The van der Waals surface area contributed by atoms with Crippen molar-refractivity contribution < 1.29 is 33.6 Å². The van der Waals surface area contributed by atoms with Crippen LogP contribution < -0.4 is 20.1 Å². The molecule has 10 heteroatoms. The lowest BCUT2D eigenvalue weighted by molar-refractivity contribution is -0.253. The molecule has 5 rings (SSSR count). The quantitative estimate of drug-likeness (QED) is 0.199. The number of fused-ring (bicyclic) bond motifs is 1. The van der Waals surface area contributed by atoms with Gasteiger partial charge < -0.3 is 34.7 Å². The number of methoxy groups -OCH3 is 2. The van der Waals surface area contributed by atoms with Crippen molar-refractivity contribution in [3.05, 3.63) is 88.5 Å². The lowest BCUT2D eigenvalue weighted by atomic mass is 9.97. The zero-order valence-corrected chi connectivity index (χ0v) is 27.6. The molecule has 3 aromatic carbocycles. The molecule has 1 saturated heterocycles. The van der Waals surface area contributed by atoms with Crippen molar-refractivity contribution in [2.75, 3.05) is 39.2 Å². The average Bonchev–Trinajstić information content (AvgIpc) is 3.09. The van der Waals surface area contributed by atoms with E-state index in [1.165, 1.54) is 18.1 Å². The van der Waals surface area contributed by atoms with Crippen LogP contribution in [0, 0.1) is 0 Å². The first kappa shape index (κ1) is 34.4. The average molecular weight is 646 g/mol. The summed E-state index contributed by atoms with van der Waals surface area (Å²) in [5, 5.41) is 15.3. The second-order valence-electron chi connectivity index (χ2n) is 12.3. The zero-order chi connectivity index (χ0) is 33.2. The Kier molecular flexibility index (Phi) is 12.2. The van der Waals surface area contributed by atoms with E-state index in [1.54, 1.807) is 14.2 Å². The third-order valence-corrected chi connectivity index (χ3v) is 8.80. The fourth-order valence-electron chi connectivity index (χ4n) is 6.22. The molecule has 3 aromatic rings. The molecule has 0 spiro atoms. The molecular formula is C37H47N3O7. The number of hydrogen-bond donors (Lipinski definition) is 3. The molecule has 0 aliphatic carbocycles. The van der Waals surface area contributed by atoms with E-state index in [-0.39, 0.29) is 30.6 Å². The zero-order valence-electron chi connectivity index (χ0n) is 27.6. The van der Waals surface area contributed by atoms with Crippen LogP contribution in [0.3, 0.4) is 0 Å². The van der Waals surface area contributed by atoms with Crippen molar-refractivity contribution in [1.82, 2.24) is 10.2 Å². The highest BCUT2D eigenvalue weighted by Crippen LogP contribution is 2.39. The second kappa shape index (κ2) is 16.7. The van der Waals surface area contributed by atoms with Gasteiger partial charge in [0.15, 0.2) is 17.8 Å². The summed E-state index contributed by atoms with van der Waals surface area (Å²) in [6.07, 6.45) is 3.69. The topological polar surface area (TPSA) is 119 Å². The molecule has 1 fully saturated rings. The summed E-state index contributed by atoms with van der Waals surface area (Å²) in [5.41, 5.74) is 6.01. The van der Waals surface area contributed by atoms with Crippen LogP contribution in [-0.4, -0.2) is 61.8 Å². The van der Waals surface area contributed by atoms with Gasteiger partial charge in [-0.1, -0.05) is 42.8 Å². The largest absolute Gasteiger partial charge is 0.493 e. The predicted molar refractivity (Wildman–Crippen MR) is 179 cm³/mol. The predicted octanol–water partition coefficient (Wildman–Crippen LogP) is 5.43. The maximum atomic E-state index is 12.5. The Morgan fingerprint density at radius 2 is 1.62 bits per heavy atom. The monoisotopic (exact) mass is 645 g/mol. The molecule has 0 aromatic heterocycles. The van der Waals surface area contributed by atoms with E-state index in [0.717, 1.165) is 79.2 Å². The van der Waals surface area contributed by atoms with Crippen molar-refractivity contribution in [3.8, 4) is 11.5 Å². The van der Waals surface area contributed by atoms with Crippen LogP contribution in [0.5, 0.6) is 11.5 Å². The summed E-state index contributed by atoms with van der Waals surface area (Å²) >= 11 is 0. The van der Waals surface area contributed by atoms with Gasteiger partial charge in [-0.05, 0) is 65.8 Å². The number of aliphatic hydroxyl groups is 1. The highest BCUT2D eigenvalue weighted by molar-refractivity contribution is 5.90. The first-order valence-corrected chi connectivity index (χ1v) is 16.5. The maximum absolute atomic E-state index is 12.5. The number of hydrogen-bond acceptors (Lipinski definition) is 8. The molecule has 47 heavy (non-hydrogen) atoms. The fourth-order valence-corrected chi connectivity index (χ4v) is 6.22. The normalized spacial score (nSPS) is 19.4. The van der Waals surface area contributed by atoms with E-state index in [2.05, 4.69) is 27.7 Å². The van der Waals surface area contributed by atoms with Gasteiger partial charge in [0.25, 0.3) is 0 Å². The van der Waals surface area contributed by atoms with Gasteiger partial charge in [0.1, 0.15) is 0 Å². The van der Waals surface area contributed by atoms with Crippen LogP contribution in [-0.2, 0) is 38.6 Å². The van der Waals surface area contributed by atoms with Gasteiger partial charge in [0, 0.05) is 57.2 Å². The van der Waals surface area contributed by atoms with E-state index in [0.29, 0.717) is 19.4 Å². The minimum absolute atomic E-state index is 0.00521. The lowest BCUT2D eigenvalue weighted by Crippen LogP contribution is -2.41. The third kappa shape index (κ3) is 9.54. The molecule has 0 saturated carbocycles. The first-order valence-electron chi connectivity index (χ1n) is 16.5. The first-order chi connectivity index (χ1) is 22.8. The van der Waals surface area contributed by atoms with Crippen molar-refractivity contribution in [1.29, 1.82) is 0 Å². The summed E-state index contributed by atoms with van der Waals surface area (Å²) in [4.78, 5) is 25.9. The summed E-state index contributed by atoms with van der Waals surface area (Å²) in [6, 6.07) is 19.7. The van der Waals surface area contributed by atoms with Crippen LogP contribution in [0.4, 0.5) is 5.69 Å². The highest BCUT2D eigenvalue weighted by atomic mass is 16.7. The third-order valence-electron chi connectivity index (χ3n) is 8.80. The van der Waals surface area contributed by atoms with Crippen LogP contribution in [0.2, 0.25) is 0 Å². The van der Waals surface area contributed by atoms with Crippen molar-refractivity contribution >= 4 is 17.5 Å². The van der Waals surface area contributed by atoms with Gasteiger partial charge in [-0.3, -0.25) is 14.5 Å². The Bertz CT molecular complexity index is 1480. The van der Waals surface area contributed by atoms with Crippen molar-refractivity contribution in [3.63, 3.8) is 0 Å². The van der Waals surface area contributed by atoms with Gasteiger partial charge in [0.05, 0.1) is 33.0 Å². The number of carbonyl (C=O) groups is 2. The number of rotatable bonds is 14. The highest BCUT2D eigenvalue weighted by Gasteiger charge is 2.34. The fraction of sp³-hybridized carbons (Fsp3) is 0.459. The Hall–Kier alpha value is -3.96. The van der Waals surface area contributed by atoms with Crippen LogP contribution >= 0.6 is 0 Å². The van der Waals surface area contributed by atoms with E-state index in [9.17, 15) is 14.7 Å². The van der Waals surface area contributed by atoms with Gasteiger partial charge in [-0.15, -0.1) is 0 Å².